The predicted molar refractivity (Wildman–Crippen MR) is 87.6 cm³/mol. The zero-order valence-corrected chi connectivity index (χ0v) is 13.1. The molecule has 2 aromatic heterocycles. The van der Waals surface area contributed by atoms with Crippen molar-refractivity contribution >= 4 is 11.2 Å². The summed E-state index contributed by atoms with van der Waals surface area (Å²) in [6.45, 7) is 1.51. The van der Waals surface area contributed by atoms with Gasteiger partial charge in [0.25, 0.3) is 0 Å². The summed E-state index contributed by atoms with van der Waals surface area (Å²) in [6.07, 6.45) is 3.97. The summed E-state index contributed by atoms with van der Waals surface area (Å²) in [6, 6.07) is 12.0. The summed E-state index contributed by atoms with van der Waals surface area (Å²) >= 11 is 0. The molecule has 1 saturated heterocycles. The van der Waals surface area contributed by atoms with Gasteiger partial charge in [0, 0.05) is 12.8 Å². The molecule has 0 spiro atoms. The Labute approximate surface area is 134 Å². The Morgan fingerprint density at radius 3 is 3.09 bits per heavy atom. The molecule has 3 aromatic rings. The van der Waals surface area contributed by atoms with Crippen LogP contribution in [0.15, 0.2) is 42.6 Å². The number of aromatic nitrogens is 3. The van der Waals surface area contributed by atoms with Crippen molar-refractivity contribution in [1.82, 2.24) is 14.5 Å². The fraction of sp³-hybridized carbons (Fsp3) is 0.333. The molecule has 1 fully saturated rings. The minimum atomic E-state index is 0.0646. The highest BCUT2D eigenvalue weighted by molar-refractivity contribution is 5.71. The lowest BCUT2D eigenvalue weighted by Crippen LogP contribution is -2.10. The summed E-state index contributed by atoms with van der Waals surface area (Å²) in [7, 11) is 1.69. The van der Waals surface area contributed by atoms with Crippen LogP contribution in [0.2, 0.25) is 0 Å². The van der Waals surface area contributed by atoms with Crippen LogP contribution < -0.4 is 4.74 Å². The quantitative estimate of drug-likeness (QED) is 0.741. The van der Waals surface area contributed by atoms with Crippen molar-refractivity contribution in [2.24, 2.45) is 0 Å². The molecule has 118 valence electrons. The van der Waals surface area contributed by atoms with Gasteiger partial charge in [0.2, 0.25) is 0 Å². The maximum atomic E-state index is 5.86. The first-order chi connectivity index (χ1) is 11.3. The van der Waals surface area contributed by atoms with E-state index in [4.69, 9.17) is 14.5 Å². The van der Waals surface area contributed by atoms with Crippen LogP contribution in [-0.4, -0.2) is 28.3 Å². The van der Waals surface area contributed by atoms with Gasteiger partial charge in [-0.25, -0.2) is 9.97 Å². The molecule has 1 atom stereocenters. The Morgan fingerprint density at radius 2 is 2.26 bits per heavy atom. The van der Waals surface area contributed by atoms with Gasteiger partial charge >= 0.3 is 0 Å². The smallest absolute Gasteiger partial charge is 0.160 e. The minimum absolute atomic E-state index is 0.0646. The molecule has 5 nitrogen and oxygen atoms in total. The fourth-order valence-corrected chi connectivity index (χ4v) is 3.11. The van der Waals surface area contributed by atoms with E-state index >= 15 is 0 Å². The van der Waals surface area contributed by atoms with Crippen molar-refractivity contribution in [3.63, 3.8) is 0 Å². The van der Waals surface area contributed by atoms with Crippen LogP contribution in [0.5, 0.6) is 5.75 Å². The molecule has 0 saturated carbocycles. The maximum Gasteiger partial charge on any atom is 0.160 e. The van der Waals surface area contributed by atoms with Crippen molar-refractivity contribution in [3.05, 3.63) is 54.0 Å². The molecule has 0 N–H and O–H groups in total. The number of pyridine rings is 1. The van der Waals surface area contributed by atoms with E-state index < -0.39 is 0 Å². The van der Waals surface area contributed by atoms with E-state index in [1.807, 2.05) is 36.5 Å². The Morgan fingerprint density at radius 1 is 1.30 bits per heavy atom. The molecule has 1 aromatic carbocycles. The van der Waals surface area contributed by atoms with Gasteiger partial charge < -0.3 is 14.0 Å². The lowest BCUT2D eigenvalue weighted by atomic mass is 10.2. The van der Waals surface area contributed by atoms with Gasteiger partial charge in [0.1, 0.15) is 23.2 Å². The number of methoxy groups -OCH3 is 1. The molecule has 1 unspecified atom stereocenters. The van der Waals surface area contributed by atoms with Gasteiger partial charge in [-0.2, -0.15) is 0 Å². The van der Waals surface area contributed by atoms with Gasteiger partial charge in [-0.1, -0.05) is 12.1 Å². The zero-order chi connectivity index (χ0) is 15.6. The van der Waals surface area contributed by atoms with E-state index in [2.05, 4.69) is 15.6 Å². The second-order valence-corrected chi connectivity index (χ2v) is 5.76. The average molecular weight is 309 g/mol. The van der Waals surface area contributed by atoms with Gasteiger partial charge in [0.15, 0.2) is 5.65 Å². The first-order valence-corrected chi connectivity index (χ1v) is 7.91. The first-order valence-electron chi connectivity index (χ1n) is 7.91. The molecule has 0 radical (unpaired) electrons. The van der Waals surface area contributed by atoms with Gasteiger partial charge in [-0.05, 0) is 42.7 Å². The number of nitrogens with zero attached hydrogens (tertiary/aromatic N) is 3. The number of benzene rings is 1. The minimum Gasteiger partial charge on any atom is -0.497 e. The summed E-state index contributed by atoms with van der Waals surface area (Å²) in [5.74, 6) is 1.83. The third kappa shape index (κ3) is 2.68. The van der Waals surface area contributed by atoms with Gasteiger partial charge in [-0.3, -0.25) is 0 Å². The standard InChI is InChI=1S/C18H19N3O2/c1-22-14-6-2-5-13(11-14)12-21-17-15(7-3-9-19-17)20-18(21)16-8-4-10-23-16/h2-3,5-7,9,11,16H,4,8,10,12H2,1H3. The molecule has 5 heteroatoms. The topological polar surface area (TPSA) is 49.2 Å². The van der Waals surface area contributed by atoms with E-state index in [1.165, 1.54) is 0 Å². The Kier molecular flexibility index (Phi) is 3.71. The Hall–Kier alpha value is -2.40. The largest absolute Gasteiger partial charge is 0.497 e. The number of fused-ring (bicyclic) bond motifs is 1. The first kappa shape index (κ1) is 14.2. The van der Waals surface area contributed by atoms with Crippen LogP contribution >= 0.6 is 0 Å². The van der Waals surface area contributed by atoms with Gasteiger partial charge in [-0.15, -0.1) is 0 Å². The molecule has 1 aliphatic rings. The number of ether oxygens (including phenoxy) is 2. The van der Waals surface area contributed by atoms with Crippen molar-refractivity contribution < 1.29 is 9.47 Å². The van der Waals surface area contributed by atoms with E-state index in [0.717, 1.165) is 47.7 Å². The van der Waals surface area contributed by atoms with Gasteiger partial charge in [0.05, 0.1) is 13.7 Å². The van der Waals surface area contributed by atoms with Crippen LogP contribution in [0.3, 0.4) is 0 Å². The van der Waals surface area contributed by atoms with Crippen LogP contribution in [-0.2, 0) is 11.3 Å². The molecule has 0 bridgehead atoms. The van der Waals surface area contributed by atoms with E-state index in [-0.39, 0.29) is 6.10 Å². The molecule has 23 heavy (non-hydrogen) atoms. The predicted octanol–water partition coefficient (Wildman–Crippen LogP) is 3.34. The lowest BCUT2D eigenvalue weighted by molar-refractivity contribution is 0.103. The van der Waals surface area contributed by atoms with Crippen molar-refractivity contribution in [2.45, 2.75) is 25.5 Å². The molecule has 4 rings (SSSR count). The molecular weight excluding hydrogens is 290 g/mol. The van der Waals surface area contributed by atoms with Crippen LogP contribution in [0.25, 0.3) is 11.2 Å². The Balaban J connectivity index is 1.78. The average Bonchev–Trinajstić information content (AvgIpc) is 3.23. The van der Waals surface area contributed by atoms with Crippen molar-refractivity contribution in [3.8, 4) is 5.75 Å². The van der Waals surface area contributed by atoms with Crippen molar-refractivity contribution in [1.29, 1.82) is 0 Å². The number of hydrogen-bond donors (Lipinski definition) is 0. The molecule has 0 amide bonds. The van der Waals surface area contributed by atoms with Crippen LogP contribution in [0, 0.1) is 0 Å². The SMILES string of the molecule is COc1cccc(Cn2c(C3CCCO3)nc3cccnc32)c1. The highest BCUT2D eigenvalue weighted by atomic mass is 16.5. The summed E-state index contributed by atoms with van der Waals surface area (Å²) in [5, 5.41) is 0. The highest BCUT2D eigenvalue weighted by Crippen LogP contribution is 2.30. The zero-order valence-electron chi connectivity index (χ0n) is 13.1. The number of rotatable bonds is 4. The van der Waals surface area contributed by atoms with E-state index in [0.29, 0.717) is 6.54 Å². The normalized spacial score (nSPS) is 17.7. The summed E-state index contributed by atoms with van der Waals surface area (Å²) in [5.41, 5.74) is 2.98. The third-order valence-electron chi connectivity index (χ3n) is 4.23. The molecular formula is C18H19N3O2. The second kappa shape index (κ2) is 6.01. The second-order valence-electron chi connectivity index (χ2n) is 5.76. The molecule has 3 heterocycles. The summed E-state index contributed by atoms with van der Waals surface area (Å²) < 4.78 is 13.3. The monoisotopic (exact) mass is 309 g/mol. The highest BCUT2D eigenvalue weighted by Gasteiger charge is 2.25. The lowest BCUT2D eigenvalue weighted by Gasteiger charge is -2.13. The van der Waals surface area contributed by atoms with Crippen LogP contribution in [0.4, 0.5) is 0 Å². The number of hydrogen-bond acceptors (Lipinski definition) is 4. The Bertz CT molecular complexity index is 822. The van der Waals surface area contributed by atoms with Crippen LogP contribution in [0.1, 0.15) is 30.3 Å². The molecule has 0 aliphatic carbocycles. The third-order valence-corrected chi connectivity index (χ3v) is 4.23. The molecule has 1 aliphatic heterocycles. The fourth-order valence-electron chi connectivity index (χ4n) is 3.11. The van der Waals surface area contributed by atoms with E-state index in [9.17, 15) is 0 Å². The van der Waals surface area contributed by atoms with E-state index in [1.54, 1.807) is 7.11 Å². The summed E-state index contributed by atoms with van der Waals surface area (Å²) in [4.78, 5) is 9.30. The maximum absolute atomic E-state index is 5.86. The van der Waals surface area contributed by atoms with Crippen molar-refractivity contribution in [2.75, 3.05) is 13.7 Å². The number of imidazole rings is 1.